The van der Waals surface area contributed by atoms with E-state index < -0.39 is 0 Å². The van der Waals surface area contributed by atoms with Crippen molar-refractivity contribution in [2.24, 2.45) is 0 Å². The van der Waals surface area contributed by atoms with Crippen LogP contribution in [0.5, 0.6) is 5.75 Å². The maximum atomic E-state index is 12.1. The van der Waals surface area contributed by atoms with E-state index in [1.807, 2.05) is 44.2 Å². The predicted octanol–water partition coefficient (Wildman–Crippen LogP) is 3.43. The number of rotatable bonds is 5. The molecule has 0 aliphatic carbocycles. The first kappa shape index (κ1) is 14.1. The number of amides is 1. The molecule has 104 valence electrons. The van der Waals surface area contributed by atoms with Gasteiger partial charge in [-0.1, -0.05) is 19.1 Å². The maximum Gasteiger partial charge on any atom is 0.257 e. The minimum absolute atomic E-state index is 0.190. The summed E-state index contributed by atoms with van der Waals surface area (Å²) in [5, 5.41) is 2.85. The van der Waals surface area contributed by atoms with Crippen LogP contribution in [0, 0.1) is 6.92 Å². The van der Waals surface area contributed by atoms with Crippen molar-refractivity contribution in [3.63, 3.8) is 0 Å². The van der Waals surface area contributed by atoms with Gasteiger partial charge in [0.15, 0.2) is 0 Å². The van der Waals surface area contributed by atoms with Gasteiger partial charge in [0, 0.05) is 11.9 Å². The van der Waals surface area contributed by atoms with Crippen LogP contribution in [0.25, 0.3) is 0 Å². The molecule has 0 saturated heterocycles. The number of carbonyl (C=O) groups is 1. The summed E-state index contributed by atoms with van der Waals surface area (Å²) >= 11 is 0. The lowest BCUT2D eigenvalue weighted by Gasteiger charge is -2.11. The van der Waals surface area contributed by atoms with Crippen molar-refractivity contribution in [3.05, 3.63) is 53.9 Å². The van der Waals surface area contributed by atoms with Crippen molar-refractivity contribution in [2.75, 3.05) is 11.9 Å². The molecule has 0 spiro atoms. The van der Waals surface area contributed by atoms with E-state index in [0.717, 1.165) is 12.1 Å². The Balaban J connectivity index is 2.13. The molecule has 0 unspecified atom stereocenters. The van der Waals surface area contributed by atoms with Crippen molar-refractivity contribution in [3.8, 4) is 5.75 Å². The van der Waals surface area contributed by atoms with Crippen LogP contribution in [0.15, 0.2) is 42.6 Å². The Morgan fingerprint density at radius 1 is 1.25 bits per heavy atom. The molecule has 1 heterocycles. The molecule has 1 aromatic heterocycles. The summed E-state index contributed by atoms with van der Waals surface area (Å²) in [6.07, 6.45) is 2.49. The molecule has 1 N–H and O–H groups in total. The number of nitrogens with one attached hydrogen (secondary N) is 1. The second-order valence-electron chi connectivity index (χ2n) is 4.49. The maximum absolute atomic E-state index is 12.1. The molecule has 1 aromatic carbocycles. The Morgan fingerprint density at radius 3 is 2.75 bits per heavy atom. The lowest BCUT2D eigenvalue weighted by Crippen LogP contribution is -2.13. The lowest BCUT2D eigenvalue weighted by atomic mass is 10.2. The van der Waals surface area contributed by atoms with Gasteiger partial charge in [0.2, 0.25) is 0 Å². The molecule has 4 heteroatoms. The van der Waals surface area contributed by atoms with Gasteiger partial charge in [0.05, 0.1) is 17.9 Å². The molecule has 0 bridgehead atoms. The minimum atomic E-state index is -0.190. The normalized spacial score (nSPS) is 10.1. The number of benzene rings is 1. The molecule has 0 fully saturated rings. The Kier molecular flexibility index (Phi) is 4.71. The summed E-state index contributed by atoms with van der Waals surface area (Å²) in [6.45, 7) is 4.55. The fraction of sp³-hybridized carbons (Fsp3) is 0.250. The van der Waals surface area contributed by atoms with Gasteiger partial charge in [-0.25, -0.2) is 0 Å². The third kappa shape index (κ3) is 3.57. The smallest absolute Gasteiger partial charge is 0.257 e. The van der Waals surface area contributed by atoms with Crippen LogP contribution in [0.4, 0.5) is 5.69 Å². The molecule has 4 nitrogen and oxygen atoms in total. The average Bonchev–Trinajstić information content (AvgIpc) is 2.47. The van der Waals surface area contributed by atoms with Gasteiger partial charge in [-0.3, -0.25) is 9.78 Å². The highest BCUT2D eigenvalue weighted by atomic mass is 16.5. The Labute approximate surface area is 118 Å². The van der Waals surface area contributed by atoms with Gasteiger partial charge >= 0.3 is 0 Å². The van der Waals surface area contributed by atoms with Crippen LogP contribution < -0.4 is 10.1 Å². The zero-order valence-electron chi connectivity index (χ0n) is 11.7. The third-order valence-corrected chi connectivity index (χ3v) is 2.77. The first-order chi connectivity index (χ1) is 9.70. The third-order valence-electron chi connectivity index (χ3n) is 2.77. The molecular formula is C16H18N2O2. The summed E-state index contributed by atoms with van der Waals surface area (Å²) in [6, 6.07) is 11.0. The number of aromatic nitrogens is 1. The van der Waals surface area contributed by atoms with Gasteiger partial charge < -0.3 is 10.1 Å². The zero-order valence-corrected chi connectivity index (χ0v) is 11.7. The predicted molar refractivity (Wildman–Crippen MR) is 79.2 cm³/mol. The van der Waals surface area contributed by atoms with Crippen LogP contribution in [0.2, 0.25) is 0 Å². The van der Waals surface area contributed by atoms with E-state index in [-0.39, 0.29) is 5.91 Å². The fourth-order valence-electron chi connectivity index (χ4n) is 1.70. The van der Waals surface area contributed by atoms with Crippen molar-refractivity contribution < 1.29 is 9.53 Å². The van der Waals surface area contributed by atoms with E-state index in [1.54, 1.807) is 12.3 Å². The van der Waals surface area contributed by atoms with E-state index in [1.165, 1.54) is 0 Å². The Morgan fingerprint density at radius 2 is 2.05 bits per heavy atom. The van der Waals surface area contributed by atoms with E-state index >= 15 is 0 Å². The number of hydrogen-bond acceptors (Lipinski definition) is 3. The van der Waals surface area contributed by atoms with E-state index in [0.29, 0.717) is 23.6 Å². The molecular weight excluding hydrogens is 252 g/mol. The second kappa shape index (κ2) is 6.70. The quantitative estimate of drug-likeness (QED) is 0.905. The Hall–Kier alpha value is -2.36. The molecule has 2 rings (SSSR count). The number of anilines is 1. The summed E-state index contributed by atoms with van der Waals surface area (Å²) in [7, 11) is 0. The number of nitrogens with zero attached hydrogens (tertiary/aromatic N) is 1. The van der Waals surface area contributed by atoms with Crippen molar-refractivity contribution in [2.45, 2.75) is 20.3 Å². The van der Waals surface area contributed by atoms with Gasteiger partial charge in [-0.15, -0.1) is 0 Å². The first-order valence-corrected chi connectivity index (χ1v) is 6.66. The van der Waals surface area contributed by atoms with E-state index in [4.69, 9.17) is 4.74 Å². The number of carbonyl (C=O) groups excluding carboxylic acids is 1. The number of para-hydroxylation sites is 2. The van der Waals surface area contributed by atoms with Crippen LogP contribution in [-0.4, -0.2) is 17.5 Å². The topological polar surface area (TPSA) is 51.2 Å². The highest BCUT2D eigenvalue weighted by Gasteiger charge is 2.09. The van der Waals surface area contributed by atoms with Crippen LogP contribution in [-0.2, 0) is 0 Å². The SMILES string of the molecule is CCCOc1ccccc1NC(=O)c1ccc(C)nc1. The van der Waals surface area contributed by atoms with Crippen molar-refractivity contribution in [1.82, 2.24) is 4.98 Å². The summed E-state index contributed by atoms with van der Waals surface area (Å²) in [5.74, 6) is 0.493. The van der Waals surface area contributed by atoms with Crippen LogP contribution >= 0.6 is 0 Å². The first-order valence-electron chi connectivity index (χ1n) is 6.66. The summed E-state index contributed by atoms with van der Waals surface area (Å²) in [4.78, 5) is 16.3. The zero-order chi connectivity index (χ0) is 14.4. The van der Waals surface area contributed by atoms with Crippen LogP contribution in [0.3, 0.4) is 0 Å². The molecule has 20 heavy (non-hydrogen) atoms. The molecule has 2 aromatic rings. The number of ether oxygens (including phenoxy) is 1. The van der Waals surface area contributed by atoms with E-state index in [9.17, 15) is 4.79 Å². The molecule has 1 amide bonds. The summed E-state index contributed by atoms with van der Waals surface area (Å²) < 4.78 is 5.61. The average molecular weight is 270 g/mol. The lowest BCUT2D eigenvalue weighted by molar-refractivity contribution is 0.102. The van der Waals surface area contributed by atoms with Gasteiger partial charge in [-0.05, 0) is 37.6 Å². The molecule has 0 atom stereocenters. The highest BCUT2D eigenvalue weighted by Crippen LogP contribution is 2.24. The number of pyridine rings is 1. The molecule has 0 aliphatic rings. The van der Waals surface area contributed by atoms with Gasteiger partial charge in [0.1, 0.15) is 5.75 Å². The van der Waals surface area contributed by atoms with Crippen molar-refractivity contribution >= 4 is 11.6 Å². The van der Waals surface area contributed by atoms with Gasteiger partial charge in [-0.2, -0.15) is 0 Å². The molecule has 0 aliphatic heterocycles. The number of aryl methyl sites for hydroxylation is 1. The van der Waals surface area contributed by atoms with Gasteiger partial charge in [0.25, 0.3) is 5.91 Å². The molecule has 0 saturated carbocycles. The largest absolute Gasteiger partial charge is 0.491 e. The minimum Gasteiger partial charge on any atom is -0.491 e. The standard InChI is InChI=1S/C16H18N2O2/c1-3-10-20-15-7-5-4-6-14(15)18-16(19)13-9-8-12(2)17-11-13/h4-9,11H,3,10H2,1-2H3,(H,18,19). The highest BCUT2D eigenvalue weighted by molar-refractivity contribution is 6.04. The fourth-order valence-corrected chi connectivity index (χ4v) is 1.70. The van der Waals surface area contributed by atoms with Crippen LogP contribution in [0.1, 0.15) is 29.4 Å². The second-order valence-corrected chi connectivity index (χ2v) is 4.49. The summed E-state index contributed by atoms with van der Waals surface area (Å²) in [5.41, 5.74) is 2.08. The van der Waals surface area contributed by atoms with E-state index in [2.05, 4.69) is 10.3 Å². The Bertz CT molecular complexity index is 579. The number of hydrogen-bond donors (Lipinski definition) is 1. The monoisotopic (exact) mass is 270 g/mol. The molecule has 0 radical (unpaired) electrons. The van der Waals surface area contributed by atoms with Crippen molar-refractivity contribution in [1.29, 1.82) is 0 Å².